The fourth-order valence-electron chi connectivity index (χ4n) is 6.15. The van der Waals surface area contributed by atoms with Crippen LogP contribution in [0.15, 0.2) is 0 Å². The molecular formula is C23H35Cl2N3O5. The number of aliphatic hydroxyl groups is 1. The lowest BCUT2D eigenvalue weighted by Crippen LogP contribution is -2.70. The highest BCUT2D eigenvalue weighted by Crippen LogP contribution is 2.47. The van der Waals surface area contributed by atoms with Crippen LogP contribution in [-0.4, -0.2) is 69.7 Å². The molecule has 1 saturated heterocycles. The molecule has 2 bridgehead atoms. The van der Waals surface area contributed by atoms with Crippen LogP contribution in [0.5, 0.6) is 0 Å². The van der Waals surface area contributed by atoms with Crippen molar-refractivity contribution < 1.29 is 24.3 Å². The highest BCUT2D eigenvalue weighted by molar-refractivity contribution is 6.30. The lowest BCUT2D eigenvalue weighted by atomic mass is 9.59. The number of ether oxygens (including phenoxy) is 1. The van der Waals surface area contributed by atoms with Crippen LogP contribution in [0.4, 0.5) is 0 Å². The number of fused-ring (bicyclic) bond motifs is 3. The third-order valence-corrected chi connectivity index (χ3v) is 9.64. The van der Waals surface area contributed by atoms with Crippen LogP contribution >= 0.6 is 23.2 Å². The molecule has 0 spiro atoms. The second kappa shape index (κ2) is 9.43. The third kappa shape index (κ3) is 5.16. The molecule has 8 nitrogen and oxygen atoms in total. The molecule has 6 fully saturated rings. The second-order valence-corrected chi connectivity index (χ2v) is 12.0. The van der Waals surface area contributed by atoms with Crippen molar-refractivity contribution >= 4 is 35.0 Å². The summed E-state index contributed by atoms with van der Waals surface area (Å²) in [6.45, 7) is -0.0498. The summed E-state index contributed by atoms with van der Waals surface area (Å²) < 4.78 is 5.79. The smallest absolute Gasteiger partial charge is 0.251 e. The lowest BCUT2D eigenvalue weighted by molar-refractivity contribution is -0.144. The summed E-state index contributed by atoms with van der Waals surface area (Å²) in [7, 11) is 0. The van der Waals surface area contributed by atoms with E-state index < -0.39 is 23.3 Å². The normalized spacial score (nSPS) is 45.1. The van der Waals surface area contributed by atoms with Crippen molar-refractivity contribution in [3.63, 3.8) is 0 Å². The fourth-order valence-corrected chi connectivity index (χ4v) is 6.70. The van der Waals surface area contributed by atoms with Gasteiger partial charge < -0.3 is 20.5 Å². The molecule has 186 valence electrons. The van der Waals surface area contributed by atoms with E-state index in [4.69, 9.17) is 32.8 Å². The first kappa shape index (κ1) is 24.1. The number of nitrogens with one attached hydrogen (secondary N) is 3. The Kier molecular flexibility index (Phi) is 6.88. The summed E-state index contributed by atoms with van der Waals surface area (Å²) in [5.74, 6) is 0.309. The van der Waals surface area contributed by atoms with Gasteiger partial charge in [-0.2, -0.15) is 5.48 Å². The minimum absolute atomic E-state index is 0.0456. The molecule has 6 rings (SSSR count). The van der Waals surface area contributed by atoms with E-state index >= 15 is 0 Å². The van der Waals surface area contributed by atoms with E-state index in [1.807, 2.05) is 0 Å². The topological polar surface area (TPSA) is 109 Å². The molecule has 0 aromatic rings. The Labute approximate surface area is 204 Å². The summed E-state index contributed by atoms with van der Waals surface area (Å²) in [6, 6.07) is 0.270. The van der Waals surface area contributed by atoms with E-state index in [0.29, 0.717) is 38.0 Å². The molecule has 4 N–H and O–H groups in total. The van der Waals surface area contributed by atoms with Gasteiger partial charge in [-0.3, -0.25) is 14.4 Å². The SMILES string of the molecule is O=C(COC1CCC(Cl)C(Cl)C1)NC12CCC(NC(=O)C3CC(C4CC4)NO3)(CC1)C[C@@H]2O. The van der Waals surface area contributed by atoms with Gasteiger partial charge in [-0.05, 0) is 70.1 Å². The van der Waals surface area contributed by atoms with Crippen LogP contribution in [0.2, 0.25) is 0 Å². The van der Waals surface area contributed by atoms with Gasteiger partial charge >= 0.3 is 0 Å². The molecule has 5 aliphatic carbocycles. The zero-order chi connectivity index (χ0) is 23.2. The zero-order valence-corrected chi connectivity index (χ0v) is 20.4. The van der Waals surface area contributed by atoms with Gasteiger partial charge in [0.15, 0.2) is 6.10 Å². The molecule has 6 atom stereocenters. The first-order chi connectivity index (χ1) is 15.8. The third-order valence-electron chi connectivity index (χ3n) is 8.51. The highest BCUT2D eigenvalue weighted by atomic mass is 35.5. The Hall–Kier alpha value is -0.640. The van der Waals surface area contributed by atoms with Crippen LogP contribution in [0, 0.1) is 5.92 Å². The minimum atomic E-state index is -0.718. The first-order valence-electron chi connectivity index (χ1n) is 12.4. The molecule has 33 heavy (non-hydrogen) atoms. The van der Waals surface area contributed by atoms with E-state index in [2.05, 4.69) is 16.1 Å². The van der Waals surface area contributed by atoms with E-state index in [1.54, 1.807) is 0 Å². The first-order valence-corrected chi connectivity index (χ1v) is 13.3. The van der Waals surface area contributed by atoms with Gasteiger partial charge in [-0.15, -0.1) is 23.2 Å². The number of halogens is 2. The second-order valence-electron chi connectivity index (χ2n) is 10.9. The van der Waals surface area contributed by atoms with Crippen molar-refractivity contribution in [3.8, 4) is 0 Å². The number of carbonyl (C=O) groups is 2. The number of hydrogen-bond donors (Lipinski definition) is 4. The lowest BCUT2D eigenvalue weighted by Gasteiger charge is -2.56. The average molecular weight is 504 g/mol. The molecule has 0 aromatic heterocycles. The molecule has 1 aliphatic heterocycles. The van der Waals surface area contributed by atoms with Crippen LogP contribution in [0.25, 0.3) is 0 Å². The fraction of sp³-hybridized carbons (Fsp3) is 0.913. The number of carbonyl (C=O) groups excluding carboxylic acids is 2. The van der Waals surface area contributed by atoms with Crippen molar-refractivity contribution in [2.24, 2.45) is 5.92 Å². The van der Waals surface area contributed by atoms with Crippen molar-refractivity contribution in [2.75, 3.05) is 6.61 Å². The van der Waals surface area contributed by atoms with Crippen LogP contribution in [0.1, 0.15) is 70.6 Å². The number of hydrogen-bond acceptors (Lipinski definition) is 6. The van der Waals surface area contributed by atoms with Gasteiger partial charge in [0.2, 0.25) is 5.91 Å². The van der Waals surface area contributed by atoms with Gasteiger partial charge in [-0.1, -0.05) is 0 Å². The number of hydroxylamine groups is 1. The molecule has 0 radical (unpaired) electrons. The zero-order valence-electron chi connectivity index (χ0n) is 18.9. The minimum Gasteiger partial charge on any atom is -0.391 e. The van der Waals surface area contributed by atoms with E-state index in [1.165, 1.54) is 12.8 Å². The number of rotatable bonds is 7. The van der Waals surface area contributed by atoms with Crippen LogP contribution in [0.3, 0.4) is 0 Å². The standard InChI is InChI=1S/C23H35Cl2N3O5/c24-15-4-3-14(9-16(15)25)32-12-20(30)26-23-7-5-22(6-8-23,11-19(23)29)27-21(31)18-10-17(28-33-18)13-1-2-13/h13-19,28-29H,1-12H2,(H,26,30)(H,27,31)/t14?,15?,16?,17?,18?,19-,22?,23?/m0/s1. The van der Waals surface area contributed by atoms with E-state index in [9.17, 15) is 14.7 Å². The van der Waals surface area contributed by atoms with Crippen molar-refractivity contribution in [2.45, 2.75) is 117 Å². The quantitative estimate of drug-likeness (QED) is 0.395. The van der Waals surface area contributed by atoms with Crippen molar-refractivity contribution in [3.05, 3.63) is 0 Å². The summed E-state index contributed by atoms with van der Waals surface area (Å²) >= 11 is 12.4. The van der Waals surface area contributed by atoms with Crippen LogP contribution in [-0.2, 0) is 19.2 Å². The molecule has 1 heterocycles. The van der Waals surface area contributed by atoms with Gasteiger partial charge in [0.1, 0.15) is 6.61 Å². The highest BCUT2D eigenvalue weighted by Gasteiger charge is 2.56. The van der Waals surface area contributed by atoms with Gasteiger partial charge in [-0.25, -0.2) is 0 Å². The Morgan fingerprint density at radius 3 is 2.45 bits per heavy atom. The Balaban J connectivity index is 1.10. The maximum atomic E-state index is 12.9. The summed E-state index contributed by atoms with van der Waals surface area (Å²) in [5, 5.41) is 17.0. The number of amides is 2. The summed E-state index contributed by atoms with van der Waals surface area (Å²) in [4.78, 5) is 31.1. The molecule has 5 unspecified atom stereocenters. The predicted octanol–water partition coefficient (Wildman–Crippen LogP) is 1.89. The maximum Gasteiger partial charge on any atom is 0.251 e. The predicted molar refractivity (Wildman–Crippen MR) is 123 cm³/mol. The van der Waals surface area contributed by atoms with Crippen molar-refractivity contribution in [1.82, 2.24) is 16.1 Å². The number of aliphatic hydroxyl groups excluding tert-OH is 1. The molecule has 5 saturated carbocycles. The summed E-state index contributed by atoms with van der Waals surface area (Å²) in [6.07, 6.45) is 7.16. The maximum absolute atomic E-state index is 12.9. The molecule has 2 amide bonds. The summed E-state index contributed by atoms with van der Waals surface area (Å²) in [5.41, 5.74) is 1.93. The van der Waals surface area contributed by atoms with Gasteiger partial charge in [0.25, 0.3) is 5.91 Å². The average Bonchev–Trinajstić information content (AvgIpc) is 3.52. The molecule has 0 aromatic carbocycles. The molecule has 10 heteroatoms. The van der Waals surface area contributed by atoms with E-state index in [0.717, 1.165) is 25.7 Å². The molecule has 6 aliphatic rings. The Bertz CT molecular complexity index is 758. The van der Waals surface area contributed by atoms with E-state index in [-0.39, 0.29) is 41.3 Å². The molecular weight excluding hydrogens is 469 g/mol. The van der Waals surface area contributed by atoms with Gasteiger partial charge in [0.05, 0.1) is 28.5 Å². The Morgan fingerprint density at radius 2 is 1.79 bits per heavy atom. The van der Waals surface area contributed by atoms with Crippen molar-refractivity contribution in [1.29, 1.82) is 0 Å². The van der Waals surface area contributed by atoms with Gasteiger partial charge in [0, 0.05) is 18.0 Å². The monoisotopic (exact) mass is 503 g/mol. The largest absolute Gasteiger partial charge is 0.391 e. The number of alkyl halides is 2. The Morgan fingerprint density at radius 1 is 1.03 bits per heavy atom. The van der Waals surface area contributed by atoms with Crippen LogP contribution < -0.4 is 16.1 Å².